The zero-order chi connectivity index (χ0) is 17.6. The minimum Gasteiger partial charge on any atom is -0.457 e. The lowest BCUT2D eigenvalue weighted by molar-refractivity contribution is 0.0472. The number of halogens is 1. The van der Waals surface area contributed by atoms with Gasteiger partial charge in [-0.1, -0.05) is 35.9 Å². The fourth-order valence-corrected chi connectivity index (χ4v) is 2.88. The fraction of sp³-hybridized carbons (Fsp3) is 0.0526. The van der Waals surface area contributed by atoms with Gasteiger partial charge >= 0.3 is 5.97 Å². The Morgan fingerprint density at radius 3 is 2.56 bits per heavy atom. The van der Waals surface area contributed by atoms with Crippen LogP contribution >= 0.6 is 22.9 Å². The highest BCUT2D eigenvalue weighted by molar-refractivity contribution is 7.12. The molecule has 0 atom stereocenters. The molecule has 126 valence electrons. The molecule has 0 spiro atoms. The molecule has 3 rings (SSSR count). The number of nitrogens with one attached hydrogen (secondary N) is 1. The molecule has 1 aromatic heterocycles. The van der Waals surface area contributed by atoms with E-state index in [-0.39, 0.29) is 12.5 Å². The summed E-state index contributed by atoms with van der Waals surface area (Å²) in [5.41, 5.74) is 1.76. The summed E-state index contributed by atoms with van der Waals surface area (Å²) in [5, 5.41) is 5.23. The molecule has 6 heteroatoms. The summed E-state index contributed by atoms with van der Waals surface area (Å²) in [5.74, 6) is -0.663. The van der Waals surface area contributed by atoms with Crippen molar-refractivity contribution in [2.24, 2.45) is 0 Å². The molecule has 1 N–H and O–H groups in total. The average molecular weight is 372 g/mol. The van der Waals surface area contributed by atoms with Gasteiger partial charge in [-0.3, -0.25) is 4.79 Å². The number of amides is 1. The van der Waals surface area contributed by atoms with E-state index in [0.29, 0.717) is 21.2 Å². The highest BCUT2D eigenvalue weighted by atomic mass is 35.5. The lowest BCUT2D eigenvalue weighted by Crippen LogP contribution is -2.11. The number of carbonyl (C=O) groups excluding carboxylic acids is 2. The number of thiophene rings is 1. The van der Waals surface area contributed by atoms with E-state index in [1.165, 1.54) is 11.3 Å². The predicted molar refractivity (Wildman–Crippen MR) is 99.3 cm³/mol. The fourth-order valence-electron chi connectivity index (χ4n) is 2.14. The molecule has 0 aliphatic heterocycles. The molecule has 0 aliphatic rings. The number of ether oxygens (including phenoxy) is 1. The Morgan fingerprint density at radius 1 is 1.04 bits per heavy atom. The molecular formula is C19H14ClNO3S. The summed E-state index contributed by atoms with van der Waals surface area (Å²) >= 11 is 7.18. The summed E-state index contributed by atoms with van der Waals surface area (Å²) in [4.78, 5) is 24.9. The van der Waals surface area contributed by atoms with Crippen molar-refractivity contribution in [1.82, 2.24) is 0 Å². The monoisotopic (exact) mass is 371 g/mol. The maximum atomic E-state index is 12.2. The van der Waals surface area contributed by atoms with Crippen LogP contribution in [0, 0.1) is 0 Å². The Labute approximate surface area is 154 Å². The quantitative estimate of drug-likeness (QED) is 0.641. The third-order valence-corrected chi connectivity index (χ3v) is 4.50. The van der Waals surface area contributed by atoms with Gasteiger partial charge in [-0.2, -0.15) is 0 Å². The first kappa shape index (κ1) is 17.2. The third kappa shape index (κ3) is 4.68. The number of hydrogen-bond acceptors (Lipinski definition) is 4. The molecule has 25 heavy (non-hydrogen) atoms. The van der Waals surface area contributed by atoms with Gasteiger partial charge < -0.3 is 10.1 Å². The van der Waals surface area contributed by atoms with Crippen LogP contribution < -0.4 is 5.32 Å². The SMILES string of the molecule is O=C(OCc1ccc(Cl)cc1)c1cccc(NC(=O)c2cccs2)c1. The van der Waals surface area contributed by atoms with Gasteiger partial charge in [0.15, 0.2) is 0 Å². The standard InChI is InChI=1S/C19H14ClNO3S/c20-15-8-6-13(7-9-15)12-24-19(23)14-3-1-4-16(11-14)21-18(22)17-5-2-10-25-17/h1-11H,12H2,(H,21,22). The van der Waals surface area contributed by atoms with E-state index in [1.54, 1.807) is 54.6 Å². The first-order valence-corrected chi connectivity index (χ1v) is 8.74. The van der Waals surface area contributed by atoms with Gasteiger partial charge in [-0.05, 0) is 47.3 Å². The summed E-state index contributed by atoms with van der Waals surface area (Å²) in [6.07, 6.45) is 0. The minimum absolute atomic E-state index is 0.155. The molecule has 0 unspecified atom stereocenters. The van der Waals surface area contributed by atoms with Crippen LogP contribution in [0.5, 0.6) is 0 Å². The highest BCUT2D eigenvalue weighted by Gasteiger charge is 2.11. The molecule has 0 saturated heterocycles. The van der Waals surface area contributed by atoms with Gasteiger partial charge in [0.05, 0.1) is 10.4 Å². The number of benzene rings is 2. The van der Waals surface area contributed by atoms with E-state index in [0.717, 1.165) is 5.56 Å². The van der Waals surface area contributed by atoms with Gasteiger partial charge in [0, 0.05) is 10.7 Å². The average Bonchev–Trinajstić information content (AvgIpc) is 3.16. The van der Waals surface area contributed by atoms with E-state index in [4.69, 9.17) is 16.3 Å². The normalized spacial score (nSPS) is 10.3. The van der Waals surface area contributed by atoms with Gasteiger partial charge in [0.2, 0.25) is 0 Å². The van der Waals surface area contributed by atoms with Gasteiger partial charge in [0.25, 0.3) is 5.91 Å². The van der Waals surface area contributed by atoms with Crippen molar-refractivity contribution in [3.05, 3.63) is 87.1 Å². The van der Waals surface area contributed by atoms with Crippen molar-refractivity contribution < 1.29 is 14.3 Å². The molecule has 2 aromatic carbocycles. The Morgan fingerprint density at radius 2 is 1.84 bits per heavy atom. The van der Waals surface area contributed by atoms with Gasteiger partial charge in [0.1, 0.15) is 6.61 Å². The van der Waals surface area contributed by atoms with E-state index in [1.807, 2.05) is 11.4 Å². The molecule has 0 aliphatic carbocycles. The van der Waals surface area contributed by atoms with E-state index in [9.17, 15) is 9.59 Å². The Bertz CT molecular complexity index is 876. The minimum atomic E-state index is -0.456. The lowest BCUT2D eigenvalue weighted by Gasteiger charge is -2.08. The van der Waals surface area contributed by atoms with Crippen molar-refractivity contribution in [2.75, 3.05) is 5.32 Å². The second-order valence-corrected chi connectivity index (χ2v) is 6.60. The van der Waals surface area contributed by atoms with Crippen molar-refractivity contribution in [3.8, 4) is 0 Å². The van der Waals surface area contributed by atoms with Gasteiger partial charge in [-0.25, -0.2) is 4.79 Å². The smallest absolute Gasteiger partial charge is 0.338 e. The maximum absolute atomic E-state index is 12.2. The molecule has 1 amide bonds. The van der Waals surface area contributed by atoms with Gasteiger partial charge in [-0.15, -0.1) is 11.3 Å². The number of carbonyl (C=O) groups is 2. The lowest BCUT2D eigenvalue weighted by atomic mass is 10.2. The topological polar surface area (TPSA) is 55.4 Å². The van der Waals surface area contributed by atoms with E-state index >= 15 is 0 Å². The summed E-state index contributed by atoms with van der Waals surface area (Å²) in [6, 6.07) is 17.3. The van der Waals surface area contributed by atoms with Crippen LogP contribution in [0.2, 0.25) is 5.02 Å². The zero-order valence-electron chi connectivity index (χ0n) is 13.1. The van der Waals surface area contributed by atoms with Crippen molar-refractivity contribution >= 4 is 40.5 Å². The summed E-state index contributed by atoms with van der Waals surface area (Å²) < 4.78 is 5.29. The van der Waals surface area contributed by atoms with Crippen LogP contribution in [0.15, 0.2) is 66.0 Å². The van der Waals surface area contributed by atoms with Crippen LogP contribution in [0.4, 0.5) is 5.69 Å². The number of esters is 1. The Hall–Kier alpha value is -2.63. The predicted octanol–water partition coefficient (Wildman–Crippen LogP) is 5.01. The third-order valence-electron chi connectivity index (χ3n) is 3.38. The second-order valence-electron chi connectivity index (χ2n) is 5.21. The van der Waals surface area contributed by atoms with Crippen molar-refractivity contribution in [2.45, 2.75) is 6.61 Å². The van der Waals surface area contributed by atoms with Crippen molar-refractivity contribution in [1.29, 1.82) is 0 Å². The summed E-state index contributed by atoms with van der Waals surface area (Å²) in [6.45, 7) is 0.155. The van der Waals surface area contributed by atoms with E-state index in [2.05, 4.69) is 5.32 Å². The molecule has 0 bridgehead atoms. The molecule has 0 radical (unpaired) electrons. The Balaban J connectivity index is 1.63. The second kappa shape index (κ2) is 7.96. The van der Waals surface area contributed by atoms with E-state index < -0.39 is 5.97 Å². The Kier molecular flexibility index (Phi) is 5.48. The number of rotatable bonds is 5. The molecule has 0 fully saturated rings. The number of anilines is 1. The van der Waals surface area contributed by atoms with Crippen LogP contribution in [-0.2, 0) is 11.3 Å². The number of hydrogen-bond donors (Lipinski definition) is 1. The van der Waals surface area contributed by atoms with Crippen molar-refractivity contribution in [3.63, 3.8) is 0 Å². The van der Waals surface area contributed by atoms with Crippen LogP contribution in [0.1, 0.15) is 25.6 Å². The maximum Gasteiger partial charge on any atom is 0.338 e. The molecule has 1 heterocycles. The first-order chi connectivity index (χ1) is 12.1. The highest BCUT2D eigenvalue weighted by Crippen LogP contribution is 2.16. The largest absolute Gasteiger partial charge is 0.457 e. The molecule has 4 nitrogen and oxygen atoms in total. The summed E-state index contributed by atoms with van der Waals surface area (Å²) in [7, 11) is 0. The van der Waals surface area contributed by atoms with Crippen LogP contribution in [0.3, 0.4) is 0 Å². The zero-order valence-corrected chi connectivity index (χ0v) is 14.6. The van der Waals surface area contributed by atoms with Crippen LogP contribution in [-0.4, -0.2) is 11.9 Å². The molecule has 0 saturated carbocycles. The molecular weight excluding hydrogens is 358 g/mol. The van der Waals surface area contributed by atoms with Crippen LogP contribution in [0.25, 0.3) is 0 Å². The first-order valence-electron chi connectivity index (χ1n) is 7.48. The molecule has 3 aromatic rings.